The summed E-state index contributed by atoms with van der Waals surface area (Å²) in [4.78, 5) is 0. The Hall–Kier alpha value is -0.655. The van der Waals surface area contributed by atoms with Gasteiger partial charge in [0.15, 0.2) is 0 Å². The van der Waals surface area contributed by atoms with Gasteiger partial charge in [0.2, 0.25) is 0 Å². The van der Waals surface area contributed by atoms with E-state index in [0.717, 1.165) is 24.9 Å². The van der Waals surface area contributed by atoms with Crippen molar-refractivity contribution in [3.8, 4) is 0 Å². The quantitative estimate of drug-likeness (QED) is 0.403. The van der Waals surface area contributed by atoms with Crippen molar-refractivity contribution in [3.05, 3.63) is 23.4 Å². The fraction of sp³-hybridized carbons (Fsp3) is 0.667. The number of nitrogens with two attached hydrogens (primary N) is 1. The van der Waals surface area contributed by atoms with Crippen LogP contribution in [0.1, 0.15) is 40.5 Å². The van der Waals surface area contributed by atoms with Crippen LogP contribution in [0.15, 0.2) is 23.4 Å². The lowest BCUT2D eigenvalue weighted by Gasteiger charge is -2.22. The molecule has 0 fully saturated rings. The second-order valence-electron chi connectivity index (χ2n) is 4.47. The van der Waals surface area contributed by atoms with Crippen molar-refractivity contribution < 1.29 is 0 Å². The van der Waals surface area contributed by atoms with Crippen molar-refractivity contribution in [2.75, 3.05) is 0 Å². The molecular formula is C12H22BN. The first-order valence-electron chi connectivity index (χ1n) is 5.23. The summed E-state index contributed by atoms with van der Waals surface area (Å²) in [5.74, 6) is 0. The lowest BCUT2D eigenvalue weighted by molar-refractivity contribution is 0.562. The number of hydrogen-bond acceptors (Lipinski definition) is 1. The van der Waals surface area contributed by atoms with Gasteiger partial charge in [-0.25, -0.2) is 0 Å². The maximum Gasteiger partial charge on any atom is 0.0653 e. The summed E-state index contributed by atoms with van der Waals surface area (Å²) in [6.07, 6.45) is 7.17. The second-order valence-corrected chi connectivity index (χ2v) is 4.47. The lowest BCUT2D eigenvalue weighted by Crippen LogP contribution is -2.19. The minimum absolute atomic E-state index is 0.0343. The molecule has 0 bridgehead atoms. The Balaban J connectivity index is 4.34. The van der Waals surface area contributed by atoms with Crippen LogP contribution in [0.25, 0.3) is 0 Å². The zero-order chi connectivity index (χ0) is 11.2. The van der Waals surface area contributed by atoms with E-state index >= 15 is 0 Å². The third-order valence-electron chi connectivity index (χ3n) is 2.34. The minimum Gasteiger partial charge on any atom is -0.401 e. The van der Waals surface area contributed by atoms with Crippen molar-refractivity contribution in [2.24, 2.45) is 11.1 Å². The third kappa shape index (κ3) is 4.54. The highest BCUT2D eigenvalue weighted by Crippen LogP contribution is 2.26. The maximum atomic E-state index is 6.01. The summed E-state index contributed by atoms with van der Waals surface area (Å²) in [6, 6.07) is 0. The van der Waals surface area contributed by atoms with E-state index in [2.05, 4.69) is 26.0 Å². The van der Waals surface area contributed by atoms with Crippen LogP contribution < -0.4 is 5.73 Å². The molecule has 0 spiro atoms. The topological polar surface area (TPSA) is 26.0 Å². The molecule has 0 amide bonds. The van der Waals surface area contributed by atoms with Gasteiger partial charge in [-0.3, -0.25) is 0 Å². The monoisotopic (exact) mass is 191 g/mol. The van der Waals surface area contributed by atoms with Gasteiger partial charge in [0.05, 0.1) is 7.85 Å². The first-order valence-corrected chi connectivity index (χ1v) is 5.23. The zero-order valence-corrected chi connectivity index (χ0v) is 9.93. The highest BCUT2D eigenvalue weighted by molar-refractivity contribution is 6.08. The number of rotatable bonds is 5. The van der Waals surface area contributed by atoms with Crippen molar-refractivity contribution in [1.82, 2.24) is 0 Å². The molecule has 0 aliphatic rings. The van der Waals surface area contributed by atoms with Gasteiger partial charge in [-0.05, 0) is 20.3 Å². The molecule has 2 heteroatoms. The summed E-state index contributed by atoms with van der Waals surface area (Å²) in [5, 5.41) is 0. The van der Waals surface area contributed by atoms with Crippen LogP contribution >= 0.6 is 0 Å². The van der Waals surface area contributed by atoms with Gasteiger partial charge in [0.25, 0.3) is 0 Å². The van der Waals surface area contributed by atoms with E-state index in [-0.39, 0.29) is 5.41 Å². The van der Waals surface area contributed by atoms with Crippen LogP contribution in [0.4, 0.5) is 0 Å². The average molecular weight is 191 g/mol. The highest BCUT2D eigenvalue weighted by atomic mass is 14.6. The lowest BCUT2D eigenvalue weighted by atomic mass is 9.86. The largest absolute Gasteiger partial charge is 0.401 e. The van der Waals surface area contributed by atoms with Crippen LogP contribution in [0, 0.1) is 5.41 Å². The molecule has 0 aromatic heterocycles. The van der Waals surface area contributed by atoms with Crippen LogP contribution in [-0.2, 0) is 0 Å². The van der Waals surface area contributed by atoms with E-state index in [1.54, 1.807) is 0 Å². The van der Waals surface area contributed by atoms with Crippen molar-refractivity contribution >= 4 is 7.85 Å². The smallest absolute Gasteiger partial charge is 0.0653 e. The van der Waals surface area contributed by atoms with Gasteiger partial charge in [0.1, 0.15) is 0 Å². The molecular weight excluding hydrogens is 169 g/mol. The molecule has 1 nitrogen and oxygen atoms in total. The van der Waals surface area contributed by atoms with Crippen LogP contribution in [0.2, 0.25) is 6.32 Å². The molecule has 0 atom stereocenters. The Morgan fingerprint density at radius 2 is 1.93 bits per heavy atom. The zero-order valence-electron chi connectivity index (χ0n) is 9.93. The Kier molecular flexibility index (Phi) is 5.67. The molecule has 2 radical (unpaired) electrons. The van der Waals surface area contributed by atoms with E-state index in [0.29, 0.717) is 0 Å². The predicted molar refractivity (Wildman–Crippen MR) is 65.3 cm³/mol. The van der Waals surface area contributed by atoms with E-state index in [9.17, 15) is 0 Å². The number of hydrogen-bond donors (Lipinski definition) is 1. The number of allylic oxidation sites excluding steroid dienone is 3. The van der Waals surface area contributed by atoms with Crippen LogP contribution in [-0.4, -0.2) is 7.85 Å². The number of unbranched alkanes of at least 4 members (excludes halogenated alkanes) is 1. The molecule has 0 saturated heterocycles. The third-order valence-corrected chi connectivity index (χ3v) is 2.34. The Morgan fingerprint density at radius 3 is 2.36 bits per heavy atom. The average Bonchev–Trinajstić information content (AvgIpc) is 2.11. The fourth-order valence-electron chi connectivity index (χ4n) is 1.35. The van der Waals surface area contributed by atoms with E-state index in [4.69, 9.17) is 13.6 Å². The van der Waals surface area contributed by atoms with Crippen molar-refractivity contribution in [3.63, 3.8) is 0 Å². The molecule has 2 N–H and O–H groups in total. The van der Waals surface area contributed by atoms with Gasteiger partial charge in [0, 0.05) is 11.1 Å². The molecule has 0 saturated carbocycles. The fourth-order valence-corrected chi connectivity index (χ4v) is 1.35. The molecule has 0 aliphatic carbocycles. The molecule has 0 aromatic carbocycles. The predicted octanol–water partition coefficient (Wildman–Crippen LogP) is 3.19. The summed E-state index contributed by atoms with van der Waals surface area (Å²) >= 11 is 0. The van der Waals surface area contributed by atoms with E-state index < -0.39 is 0 Å². The second kappa shape index (κ2) is 5.95. The van der Waals surface area contributed by atoms with Crippen molar-refractivity contribution in [2.45, 2.75) is 46.9 Å². The Labute approximate surface area is 89.9 Å². The van der Waals surface area contributed by atoms with Gasteiger partial charge in [-0.2, -0.15) is 0 Å². The molecule has 78 valence electrons. The molecule has 0 unspecified atom stereocenters. The molecule has 14 heavy (non-hydrogen) atoms. The maximum absolute atomic E-state index is 6.01. The van der Waals surface area contributed by atoms with Gasteiger partial charge in [-0.1, -0.05) is 44.3 Å². The van der Waals surface area contributed by atoms with Gasteiger partial charge < -0.3 is 5.73 Å². The molecule has 0 aromatic rings. The molecule has 0 aliphatic heterocycles. The van der Waals surface area contributed by atoms with Crippen LogP contribution in [0.3, 0.4) is 0 Å². The first kappa shape index (κ1) is 13.3. The normalized spacial score (nSPS) is 12.0. The molecule has 0 heterocycles. The molecule has 0 rings (SSSR count). The summed E-state index contributed by atoms with van der Waals surface area (Å²) < 4.78 is 0. The Morgan fingerprint density at radius 1 is 1.36 bits per heavy atom. The minimum atomic E-state index is -0.0343. The van der Waals surface area contributed by atoms with Crippen molar-refractivity contribution in [1.29, 1.82) is 0 Å². The van der Waals surface area contributed by atoms with Gasteiger partial charge in [-0.15, -0.1) is 0 Å². The first-order chi connectivity index (χ1) is 6.41. The standard InChI is InChI=1S/C12H22BN/c1-10(2)11(14)12(3,4)8-6-5-7-9-13/h6,8H,5,7,9,14H2,1-4H3. The summed E-state index contributed by atoms with van der Waals surface area (Å²) in [5.41, 5.74) is 8.13. The van der Waals surface area contributed by atoms with Gasteiger partial charge >= 0.3 is 0 Å². The SMILES string of the molecule is [B]CCCC=CC(C)(C)C(N)=C(C)C. The van der Waals surface area contributed by atoms with E-state index in [1.807, 2.05) is 13.8 Å². The summed E-state index contributed by atoms with van der Waals surface area (Å²) in [6.45, 7) is 8.36. The highest BCUT2D eigenvalue weighted by Gasteiger charge is 2.17. The van der Waals surface area contributed by atoms with Crippen LogP contribution in [0.5, 0.6) is 0 Å². The Bertz CT molecular complexity index is 222. The van der Waals surface area contributed by atoms with E-state index in [1.165, 1.54) is 5.57 Å². The summed E-state index contributed by atoms with van der Waals surface area (Å²) in [7, 11) is 5.42.